The highest BCUT2D eigenvalue weighted by molar-refractivity contribution is 5.87. The topological polar surface area (TPSA) is 58.8 Å². The van der Waals surface area contributed by atoms with Crippen LogP contribution in [0.3, 0.4) is 0 Å². The van der Waals surface area contributed by atoms with E-state index in [1.807, 2.05) is 13.0 Å². The number of aromatic nitrogens is 1. The molecule has 2 heterocycles. The molecule has 0 fully saturated rings. The number of nitrogens with zero attached hydrogens (tertiary/aromatic N) is 1. The molecule has 0 saturated heterocycles. The summed E-state index contributed by atoms with van der Waals surface area (Å²) < 4.78 is 1.35. The predicted octanol–water partition coefficient (Wildman–Crippen LogP) is 1.31. The minimum Gasteiger partial charge on any atom is -0.477 e. The Morgan fingerprint density at radius 2 is 1.93 bits per heavy atom. The Balaban J connectivity index is 2.89. The molecule has 0 radical (unpaired) electrons. The first-order valence-corrected chi connectivity index (χ1v) is 4.45. The smallest absolute Gasteiger partial charge is 0.341 e. The lowest BCUT2D eigenvalue weighted by molar-refractivity contribution is 0.0695. The summed E-state index contributed by atoms with van der Waals surface area (Å²) in [6.45, 7) is 1.85. The third-order valence-corrected chi connectivity index (χ3v) is 2.23. The van der Waals surface area contributed by atoms with Gasteiger partial charge in [0.2, 0.25) is 0 Å². The van der Waals surface area contributed by atoms with Gasteiger partial charge in [-0.25, -0.2) is 4.79 Å². The summed E-state index contributed by atoms with van der Waals surface area (Å²) in [7, 11) is 0. The Bertz CT molecular complexity index is 598. The second-order valence-electron chi connectivity index (χ2n) is 3.36. The fraction of sp³-hybridized carbons (Fsp3) is 0.0909. The minimum absolute atomic E-state index is 0.210. The van der Waals surface area contributed by atoms with Crippen molar-refractivity contribution in [1.82, 2.24) is 4.40 Å². The van der Waals surface area contributed by atoms with Crippen LogP contribution in [0.25, 0.3) is 5.52 Å². The molecule has 2 rings (SSSR count). The molecular formula is C11H9NO3. The van der Waals surface area contributed by atoms with Crippen molar-refractivity contribution >= 4 is 11.5 Å². The van der Waals surface area contributed by atoms with Crippen LogP contribution >= 0.6 is 0 Å². The van der Waals surface area contributed by atoms with Crippen molar-refractivity contribution < 1.29 is 9.90 Å². The molecule has 0 saturated carbocycles. The van der Waals surface area contributed by atoms with Gasteiger partial charge in [0.05, 0.1) is 0 Å². The predicted molar refractivity (Wildman–Crippen MR) is 55.4 cm³/mol. The van der Waals surface area contributed by atoms with Gasteiger partial charge in [-0.3, -0.25) is 9.20 Å². The molecule has 0 atom stereocenters. The van der Waals surface area contributed by atoms with E-state index in [1.165, 1.54) is 10.5 Å². The normalized spacial score (nSPS) is 10.5. The van der Waals surface area contributed by atoms with Crippen LogP contribution in [0, 0.1) is 6.92 Å². The summed E-state index contributed by atoms with van der Waals surface area (Å²) >= 11 is 0. The van der Waals surface area contributed by atoms with Crippen LogP contribution in [0.15, 0.2) is 35.3 Å². The molecule has 0 unspecified atom stereocenters. The van der Waals surface area contributed by atoms with Crippen molar-refractivity contribution in [2.75, 3.05) is 0 Å². The summed E-state index contributed by atoms with van der Waals surface area (Å²) in [6, 6.07) is 6.59. The summed E-state index contributed by atoms with van der Waals surface area (Å²) in [5, 5.41) is 8.78. The number of fused-ring (bicyclic) bond motifs is 1. The van der Waals surface area contributed by atoms with E-state index in [0.717, 1.165) is 5.56 Å². The number of carboxylic acids is 1. The Hall–Kier alpha value is -2.10. The Morgan fingerprint density at radius 1 is 1.27 bits per heavy atom. The maximum atomic E-state index is 11.7. The van der Waals surface area contributed by atoms with Crippen LogP contribution in [0.5, 0.6) is 0 Å². The van der Waals surface area contributed by atoms with Crippen molar-refractivity contribution in [2.45, 2.75) is 6.92 Å². The largest absolute Gasteiger partial charge is 0.477 e. The lowest BCUT2D eigenvalue weighted by Crippen LogP contribution is -2.21. The second-order valence-corrected chi connectivity index (χ2v) is 3.36. The molecule has 1 N–H and O–H groups in total. The minimum atomic E-state index is -1.20. The van der Waals surface area contributed by atoms with Crippen molar-refractivity contribution in [3.05, 3.63) is 51.9 Å². The Kier molecular flexibility index (Phi) is 2.04. The zero-order valence-electron chi connectivity index (χ0n) is 8.10. The van der Waals surface area contributed by atoms with E-state index in [-0.39, 0.29) is 5.56 Å². The molecule has 0 aromatic carbocycles. The zero-order chi connectivity index (χ0) is 11.0. The monoisotopic (exact) mass is 203 g/mol. The molecule has 2 aromatic heterocycles. The Morgan fingerprint density at radius 3 is 2.60 bits per heavy atom. The highest BCUT2D eigenvalue weighted by Gasteiger charge is 2.09. The Labute approximate surface area is 85.4 Å². The molecule has 4 heteroatoms. The van der Waals surface area contributed by atoms with Crippen molar-refractivity contribution in [1.29, 1.82) is 0 Å². The standard InChI is InChI=1S/C11H9NO3/c1-7-2-3-8-4-5-9(11(14)15)10(13)12(8)6-7/h2-6H,1H3,(H,14,15). The third kappa shape index (κ3) is 1.50. The second kappa shape index (κ2) is 3.24. The third-order valence-electron chi connectivity index (χ3n) is 2.23. The fourth-order valence-electron chi connectivity index (χ4n) is 1.46. The molecule has 0 spiro atoms. The number of hydrogen-bond acceptors (Lipinski definition) is 2. The van der Waals surface area contributed by atoms with Crippen LogP contribution in [-0.2, 0) is 0 Å². The van der Waals surface area contributed by atoms with Crippen molar-refractivity contribution in [3.63, 3.8) is 0 Å². The van der Waals surface area contributed by atoms with Crippen LogP contribution < -0.4 is 5.56 Å². The number of carboxylic acid groups (broad SMARTS) is 1. The summed E-state index contributed by atoms with van der Waals surface area (Å²) in [4.78, 5) is 22.4. The molecule has 2 aromatic rings. The number of aromatic carboxylic acids is 1. The zero-order valence-corrected chi connectivity index (χ0v) is 8.10. The van der Waals surface area contributed by atoms with E-state index >= 15 is 0 Å². The number of pyridine rings is 2. The quantitative estimate of drug-likeness (QED) is 0.760. The highest BCUT2D eigenvalue weighted by Crippen LogP contribution is 2.04. The van der Waals surface area contributed by atoms with Gasteiger partial charge in [-0.1, -0.05) is 6.07 Å². The number of rotatable bonds is 1. The average molecular weight is 203 g/mol. The molecule has 15 heavy (non-hydrogen) atoms. The van der Waals surface area contributed by atoms with Gasteiger partial charge >= 0.3 is 5.97 Å². The van der Waals surface area contributed by atoms with Crippen LogP contribution in [0.4, 0.5) is 0 Å². The summed E-state index contributed by atoms with van der Waals surface area (Å²) in [5.41, 5.74) is 0.893. The molecule has 0 amide bonds. The molecule has 0 aliphatic rings. The van der Waals surface area contributed by atoms with E-state index in [4.69, 9.17) is 5.11 Å². The first kappa shape index (κ1) is 9.45. The van der Waals surface area contributed by atoms with Gasteiger partial charge in [0.15, 0.2) is 0 Å². The van der Waals surface area contributed by atoms with Gasteiger partial charge in [0, 0.05) is 11.7 Å². The lowest BCUT2D eigenvalue weighted by atomic mass is 10.2. The lowest BCUT2D eigenvalue weighted by Gasteiger charge is -2.02. The van der Waals surface area contributed by atoms with Crippen molar-refractivity contribution in [2.24, 2.45) is 0 Å². The average Bonchev–Trinajstić information content (AvgIpc) is 2.19. The number of hydrogen-bond donors (Lipinski definition) is 1. The van der Waals surface area contributed by atoms with Gasteiger partial charge in [-0.2, -0.15) is 0 Å². The maximum Gasteiger partial charge on any atom is 0.341 e. The first-order valence-electron chi connectivity index (χ1n) is 4.45. The molecule has 0 aliphatic carbocycles. The van der Waals surface area contributed by atoms with Crippen LogP contribution in [0.2, 0.25) is 0 Å². The van der Waals surface area contributed by atoms with E-state index in [2.05, 4.69) is 0 Å². The van der Waals surface area contributed by atoms with Gasteiger partial charge in [-0.05, 0) is 30.7 Å². The van der Waals surface area contributed by atoms with E-state index < -0.39 is 11.5 Å². The molecule has 0 aliphatic heterocycles. The summed E-state index contributed by atoms with van der Waals surface area (Å²) in [5.74, 6) is -1.20. The van der Waals surface area contributed by atoms with Crippen molar-refractivity contribution in [3.8, 4) is 0 Å². The summed E-state index contributed by atoms with van der Waals surface area (Å²) in [6.07, 6.45) is 1.63. The van der Waals surface area contributed by atoms with E-state index in [0.29, 0.717) is 5.52 Å². The van der Waals surface area contributed by atoms with Gasteiger partial charge in [0.25, 0.3) is 5.56 Å². The van der Waals surface area contributed by atoms with E-state index in [9.17, 15) is 9.59 Å². The maximum absolute atomic E-state index is 11.7. The SMILES string of the molecule is Cc1ccc2ccc(C(=O)O)c(=O)n2c1. The van der Waals surface area contributed by atoms with Crippen LogP contribution in [0.1, 0.15) is 15.9 Å². The first-order chi connectivity index (χ1) is 7.09. The fourth-order valence-corrected chi connectivity index (χ4v) is 1.46. The van der Waals surface area contributed by atoms with Crippen LogP contribution in [-0.4, -0.2) is 15.5 Å². The molecule has 76 valence electrons. The van der Waals surface area contributed by atoms with Gasteiger partial charge in [-0.15, -0.1) is 0 Å². The number of aryl methyl sites for hydroxylation is 1. The number of carbonyl (C=O) groups is 1. The molecule has 4 nitrogen and oxygen atoms in total. The molecular weight excluding hydrogens is 194 g/mol. The van der Waals surface area contributed by atoms with Gasteiger partial charge < -0.3 is 5.11 Å². The van der Waals surface area contributed by atoms with Gasteiger partial charge in [0.1, 0.15) is 5.56 Å². The highest BCUT2D eigenvalue weighted by atomic mass is 16.4. The van der Waals surface area contributed by atoms with E-state index in [1.54, 1.807) is 18.3 Å². The molecule has 0 bridgehead atoms.